The van der Waals surface area contributed by atoms with Crippen LogP contribution in [0.15, 0.2) is 51.8 Å². The minimum atomic E-state index is -4.14. The third kappa shape index (κ3) is 3.59. The number of aryl methyl sites for hydroxylation is 1. The van der Waals surface area contributed by atoms with Crippen LogP contribution in [-0.2, 0) is 10.1 Å². The predicted octanol–water partition coefficient (Wildman–Crippen LogP) is 3.43. The zero-order valence-electron chi connectivity index (χ0n) is 10.8. The van der Waals surface area contributed by atoms with Gasteiger partial charge in [-0.15, -0.1) is 0 Å². The molecule has 0 aliphatic carbocycles. The van der Waals surface area contributed by atoms with E-state index in [-0.39, 0.29) is 10.6 Å². The van der Waals surface area contributed by atoms with Gasteiger partial charge in [0.2, 0.25) is 5.75 Å². The van der Waals surface area contributed by atoms with Crippen LogP contribution in [0.25, 0.3) is 0 Å². The Morgan fingerprint density at radius 2 is 1.90 bits per heavy atom. The number of benzene rings is 2. The largest absolute Gasteiger partial charge is 0.372 e. The monoisotopic (exact) mass is 371 g/mol. The van der Waals surface area contributed by atoms with E-state index in [4.69, 9.17) is 4.18 Å². The minimum Gasteiger partial charge on any atom is -0.372 e. The van der Waals surface area contributed by atoms with Gasteiger partial charge < -0.3 is 4.18 Å². The summed E-state index contributed by atoms with van der Waals surface area (Å²) in [6.07, 6.45) is 0. The van der Waals surface area contributed by atoms with Crippen LogP contribution in [0.5, 0.6) is 5.75 Å². The predicted molar refractivity (Wildman–Crippen MR) is 79.8 cm³/mol. The molecular weight excluding hydrogens is 362 g/mol. The SMILES string of the molecule is Cc1ccc(OS(=O)(=O)c2cccc(Br)c2)c([N+](=O)[O-])c1. The van der Waals surface area contributed by atoms with Crippen LogP contribution in [0, 0.1) is 17.0 Å². The van der Waals surface area contributed by atoms with E-state index in [1.54, 1.807) is 19.1 Å². The first-order valence-electron chi connectivity index (χ1n) is 5.75. The smallest absolute Gasteiger partial charge is 0.339 e. The summed E-state index contributed by atoms with van der Waals surface area (Å²) in [5, 5.41) is 11.0. The Bertz CT molecular complexity index is 804. The van der Waals surface area contributed by atoms with Gasteiger partial charge in [-0.05, 0) is 36.8 Å². The van der Waals surface area contributed by atoms with Crippen molar-refractivity contribution in [2.24, 2.45) is 0 Å². The molecule has 0 saturated heterocycles. The van der Waals surface area contributed by atoms with Gasteiger partial charge in [0.05, 0.1) is 4.92 Å². The molecule has 2 aromatic rings. The summed E-state index contributed by atoms with van der Waals surface area (Å²) in [6, 6.07) is 9.96. The van der Waals surface area contributed by atoms with Crippen molar-refractivity contribution in [3.05, 3.63) is 62.6 Å². The second kappa shape index (κ2) is 5.82. The van der Waals surface area contributed by atoms with Crippen LogP contribution in [0.1, 0.15) is 5.56 Å². The molecule has 6 nitrogen and oxygen atoms in total. The molecule has 0 amide bonds. The van der Waals surface area contributed by atoms with Crippen molar-refractivity contribution in [2.45, 2.75) is 11.8 Å². The van der Waals surface area contributed by atoms with Gasteiger partial charge in [0.1, 0.15) is 4.90 Å². The van der Waals surface area contributed by atoms with Crippen molar-refractivity contribution in [2.75, 3.05) is 0 Å². The van der Waals surface area contributed by atoms with Gasteiger partial charge in [-0.1, -0.05) is 28.1 Å². The topological polar surface area (TPSA) is 86.5 Å². The Hall–Kier alpha value is -1.93. The van der Waals surface area contributed by atoms with Crippen LogP contribution in [-0.4, -0.2) is 13.3 Å². The molecule has 110 valence electrons. The average Bonchev–Trinajstić information content (AvgIpc) is 2.40. The fourth-order valence-corrected chi connectivity index (χ4v) is 3.17. The Morgan fingerprint density at radius 1 is 1.19 bits per heavy atom. The molecule has 0 radical (unpaired) electrons. The quantitative estimate of drug-likeness (QED) is 0.466. The summed E-state index contributed by atoms with van der Waals surface area (Å²) in [5.74, 6) is -0.314. The lowest BCUT2D eigenvalue weighted by Crippen LogP contribution is -2.11. The molecule has 0 heterocycles. The van der Waals surface area contributed by atoms with Crippen molar-refractivity contribution >= 4 is 31.7 Å². The summed E-state index contributed by atoms with van der Waals surface area (Å²) in [4.78, 5) is 10.2. The van der Waals surface area contributed by atoms with E-state index >= 15 is 0 Å². The lowest BCUT2D eigenvalue weighted by molar-refractivity contribution is -0.385. The molecule has 0 saturated carbocycles. The molecule has 2 rings (SSSR count). The van der Waals surface area contributed by atoms with E-state index in [0.29, 0.717) is 10.0 Å². The zero-order chi connectivity index (χ0) is 15.6. The number of rotatable bonds is 4. The lowest BCUT2D eigenvalue weighted by Gasteiger charge is -2.08. The first-order valence-corrected chi connectivity index (χ1v) is 7.95. The molecule has 0 N–H and O–H groups in total. The maximum atomic E-state index is 12.1. The number of halogens is 1. The van der Waals surface area contributed by atoms with Crippen LogP contribution in [0.4, 0.5) is 5.69 Å². The van der Waals surface area contributed by atoms with Crippen molar-refractivity contribution in [1.82, 2.24) is 0 Å². The summed E-state index contributed by atoms with van der Waals surface area (Å²) in [5.41, 5.74) is 0.238. The van der Waals surface area contributed by atoms with Gasteiger partial charge in [-0.2, -0.15) is 8.42 Å². The van der Waals surface area contributed by atoms with Gasteiger partial charge in [-0.25, -0.2) is 0 Å². The van der Waals surface area contributed by atoms with Crippen molar-refractivity contribution in [1.29, 1.82) is 0 Å². The molecule has 0 spiro atoms. The highest BCUT2D eigenvalue weighted by Crippen LogP contribution is 2.30. The summed E-state index contributed by atoms with van der Waals surface area (Å²) in [7, 11) is -4.14. The third-order valence-electron chi connectivity index (χ3n) is 2.60. The van der Waals surface area contributed by atoms with Crippen LogP contribution >= 0.6 is 15.9 Å². The number of nitro benzene ring substituents is 1. The van der Waals surface area contributed by atoms with Gasteiger partial charge in [-0.3, -0.25) is 10.1 Å². The Morgan fingerprint density at radius 3 is 2.52 bits per heavy atom. The number of nitro groups is 1. The molecule has 0 aliphatic rings. The normalized spacial score (nSPS) is 11.1. The van der Waals surface area contributed by atoms with Crippen molar-refractivity contribution < 1.29 is 17.5 Å². The molecule has 0 bridgehead atoms. The van der Waals surface area contributed by atoms with E-state index in [0.717, 1.165) is 0 Å². The van der Waals surface area contributed by atoms with E-state index in [1.165, 1.54) is 30.3 Å². The fourth-order valence-electron chi connectivity index (χ4n) is 1.63. The van der Waals surface area contributed by atoms with Crippen molar-refractivity contribution in [3.63, 3.8) is 0 Å². The highest BCUT2D eigenvalue weighted by atomic mass is 79.9. The van der Waals surface area contributed by atoms with E-state index in [1.807, 2.05) is 0 Å². The van der Waals surface area contributed by atoms with E-state index in [2.05, 4.69) is 15.9 Å². The number of nitrogens with zero attached hydrogens (tertiary/aromatic N) is 1. The maximum absolute atomic E-state index is 12.1. The van der Waals surface area contributed by atoms with Crippen LogP contribution < -0.4 is 4.18 Å². The molecule has 0 aromatic heterocycles. The van der Waals surface area contributed by atoms with Crippen LogP contribution in [0.3, 0.4) is 0 Å². The summed E-state index contributed by atoms with van der Waals surface area (Å²) in [6.45, 7) is 1.67. The van der Waals surface area contributed by atoms with Gasteiger partial charge in [0.15, 0.2) is 0 Å². The number of hydrogen-bond acceptors (Lipinski definition) is 5. The zero-order valence-corrected chi connectivity index (χ0v) is 13.2. The average molecular weight is 372 g/mol. The standard InChI is InChI=1S/C13H10BrNO5S/c1-9-5-6-13(12(7-9)15(16)17)20-21(18,19)11-4-2-3-10(14)8-11/h2-8H,1H3. The molecule has 0 aliphatic heterocycles. The summed E-state index contributed by atoms with van der Waals surface area (Å²) >= 11 is 3.16. The lowest BCUT2D eigenvalue weighted by atomic mass is 10.2. The second-order valence-electron chi connectivity index (χ2n) is 4.22. The number of hydrogen-bond donors (Lipinski definition) is 0. The summed E-state index contributed by atoms with van der Waals surface area (Å²) < 4.78 is 29.8. The molecule has 2 aromatic carbocycles. The van der Waals surface area contributed by atoms with E-state index in [9.17, 15) is 18.5 Å². The third-order valence-corrected chi connectivity index (χ3v) is 4.32. The van der Waals surface area contributed by atoms with Gasteiger partial charge >= 0.3 is 15.8 Å². The maximum Gasteiger partial charge on any atom is 0.339 e. The highest BCUT2D eigenvalue weighted by Gasteiger charge is 2.23. The first kappa shape index (κ1) is 15.5. The molecule has 0 fully saturated rings. The highest BCUT2D eigenvalue weighted by molar-refractivity contribution is 9.10. The van der Waals surface area contributed by atoms with E-state index < -0.39 is 20.7 Å². The Kier molecular flexibility index (Phi) is 4.29. The minimum absolute atomic E-state index is 0.0910. The molecule has 21 heavy (non-hydrogen) atoms. The fraction of sp³-hybridized carbons (Fsp3) is 0.0769. The van der Waals surface area contributed by atoms with Gasteiger partial charge in [0.25, 0.3) is 0 Å². The Labute approximate surface area is 129 Å². The Balaban J connectivity index is 2.44. The van der Waals surface area contributed by atoms with Gasteiger partial charge in [0, 0.05) is 10.5 Å². The van der Waals surface area contributed by atoms with Crippen molar-refractivity contribution in [3.8, 4) is 5.75 Å². The molecule has 8 heteroatoms. The molecular formula is C13H10BrNO5S. The van der Waals surface area contributed by atoms with Crippen LogP contribution in [0.2, 0.25) is 0 Å². The first-order chi connectivity index (χ1) is 9.79. The molecule has 0 unspecified atom stereocenters. The molecule has 0 atom stereocenters. The second-order valence-corrected chi connectivity index (χ2v) is 6.69.